The Morgan fingerprint density at radius 3 is 2.67 bits per heavy atom. The monoisotopic (exact) mass is 131 g/mol. The molecule has 0 saturated carbocycles. The Balaban J connectivity index is 3.58. The summed E-state index contributed by atoms with van der Waals surface area (Å²) in [6.07, 6.45) is -0.563. The first-order chi connectivity index (χ1) is 4.22. The number of likely N-dealkylation sites (N-methyl/N-ethyl adjacent to an activating group) is 1. The minimum Gasteiger partial charge on any atom is -0.356 e. The highest BCUT2D eigenvalue weighted by Crippen LogP contribution is 1.65. The quantitative estimate of drug-likeness (QED) is 0.299. The first kappa shape index (κ1) is 7.90. The second kappa shape index (κ2) is 3.85. The van der Waals surface area contributed by atoms with Crippen LogP contribution in [0.15, 0.2) is 0 Å². The predicted molar refractivity (Wildman–Crippen MR) is 31.2 cm³/mol. The number of rotatable bonds is 3. The van der Waals surface area contributed by atoms with Gasteiger partial charge >= 0.3 is 0 Å². The highest BCUT2D eigenvalue weighted by Gasteiger charge is 2.07. The van der Waals surface area contributed by atoms with E-state index in [9.17, 15) is 9.59 Å². The van der Waals surface area contributed by atoms with Crippen molar-refractivity contribution in [2.75, 3.05) is 7.05 Å². The zero-order chi connectivity index (χ0) is 7.28. The van der Waals surface area contributed by atoms with Crippen molar-refractivity contribution in [2.45, 2.75) is 6.17 Å². The first-order valence-electron chi connectivity index (χ1n) is 2.39. The number of amides is 2. The molecule has 0 saturated heterocycles. The average molecular weight is 131 g/mol. The van der Waals surface area contributed by atoms with E-state index in [0.717, 1.165) is 0 Å². The molecule has 0 rings (SSSR count). The molecule has 0 aromatic heterocycles. The van der Waals surface area contributed by atoms with Crippen LogP contribution in [0.5, 0.6) is 0 Å². The van der Waals surface area contributed by atoms with E-state index in [4.69, 9.17) is 5.73 Å². The topological polar surface area (TPSA) is 84.2 Å². The van der Waals surface area contributed by atoms with E-state index in [1.54, 1.807) is 0 Å². The lowest BCUT2D eigenvalue weighted by Gasteiger charge is -2.06. The molecule has 0 bridgehead atoms. The first-order valence-corrected chi connectivity index (χ1v) is 2.39. The third kappa shape index (κ3) is 2.65. The average Bonchev–Trinajstić information content (AvgIpc) is 1.87. The minimum absolute atomic E-state index is 0.375. The van der Waals surface area contributed by atoms with Crippen LogP contribution in [0.2, 0.25) is 0 Å². The lowest BCUT2D eigenvalue weighted by molar-refractivity contribution is -0.124. The number of hydrogen-bond acceptors (Lipinski definition) is 3. The molecule has 0 aliphatic carbocycles. The molecule has 0 aromatic carbocycles. The van der Waals surface area contributed by atoms with Gasteiger partial charge in [-0.25, -0.2) is 0 Å². The molecular weight excluding hydrogens is 122 g/mol. The van der Waals surface area contributed by atoms with Crippen LogP contribution in [0.4, 0.5) is 0 Å². The van der Waals surface area contributed by atoms with Gasteiger partial charge in [0.1, 0.15) is 0 Å². The molecule has 0 radical (unpaired) electrons. The summed E-state index contributed by atoms with van der Waals surface area (Å²) in [4.78, 5) is 20.1. The SMILES string of the molecule is CNC(=O)C(N)NC=O. The van der Waals surface area contributed by atoms with Gasteiger partial charge in [-0.05, 0) is 0 Å². The largest absolute Gasteiger partial charge is 0.356 e. The number of carbonyl (C=O) groups excluding carboxylic acids is 2. The number of hydrogen-bond donors (Lipinski definition) is 3. The summed E-state index contributed by atoms with van der Waals surface area (Å²) in [7, 11) is 1.44. The fraction of sp³-hybridized carbons (Fsp3) is 0.500. The molecule has 0 aromatic rings. The highest BCUT2D eigenvalue weighted by molar-refractivity contribution is 5.82. The number of carbonyl (C=O) groups is 2. The van der Waals surface area contributed by atoms with E-state index >= 15 is 0 Å². The van der Waals surface area contributed by atoms with Crippen molar-refractivity contribution < 1.29 is 9.59 Å². The van der Waals surface area contributed by atoms with Gasteiger partial charge in [0.15, 0.2) is 6.17 Å². The van der Waals surface area contributed by atoms with Crippen LogP contribution < -0.4 is 16.4 Å². The molecule has 0 heterocycles. The molecule has 1 unspecified atom stereocenters. The molecule has 0 aliphatic heterocycles. The van der Waals surface area contributed by atoms with E-state index < -0.39 is 12.1 Å². The second-order valence-electron chi connectivity index (χ2n) is 1.38. The van der Waals surface area contributed by atoms with Crippen LogP contribution in [0.1, 0.15) is 0 Å². The van der Waals surface area contributed by atoms with Crippen LogP contribution in [0, 0.1) is 0 Å². The molecule has 0 fully saturated rings. The molecule has 0 spiro atoms. The van der Waals surface area contributed by atoms with Gasteiger partial charge in [0.05, 0.1) is 0 Å². The second-order valence-corrected chi connectivity index (χ2v) is 1.38. The normalized spacial score (nSPS) is 11.8. The molecule has 1 atom stereocenters. The van der Waals surface area contributed by atoms with Gasteiger partial charge < -0.3 is 16.4 Å². The van der Waals surface area contributed by atoms with Crippen molar-refractivity contribution in [1.29, 1.82) is 0 Å². The van der Waals surface area contributed by atoms with Crippen molar-refractivity contribution in [2.24, 2.45) is 5.73 Å². The van der Waals surface area contributed by atoms with Crippen LogP contribution in [0.25, 0.3) is 0 Å². The Morgan fingerprint density at radius 2 is 2.33 bits per heavy atom. The molecule has 0 aliphatic rings. The summed E-state index contributed by atoms with van der Waals surface area (Å²) in [6, 6.07) is 0. The van der Waals surface area contributed by atoms with Gasteiger partial charge in [0, 0.05) is 7.05 Å². The Morgan fingerprint density at radius 1 is 1.78 bits per heavy atom. The standard InChI is InChI=1S/C4H9N3O2/c1-6-4(9)3(5)7-2-8/h2-3H,5H2,1H3,(H,6,9)(H,7,8). The summed E-state index contributed by atoms with van der Waals surface area (Å²) in [5.74, 6) is -0.415. The van der Waals surface area contributed by atoms with Crippen LogP contribution in [-0.4, -0.2) is 25.5 Å². The maximum Gasteiger partial charge on any atom is 0.257 e. The smallest absolute Gasteiger partial charge is 0.257 e. The summed E-state index contributed by atoms with van der Waals surface area (Å²) in [5.41, 5.74) is 5.08. The van der Waals surface area contributed by atoms with Crippen molar-refractivity contribution in [3.8, 4) is 0 Å². The molecular formula is C4H9N3O2. The zero-order valence-electron chi connectivity index (χ0n) is 5.05. The highest BCUT2D eigenvalue weighted by atomic mass is 16.2. The summed E-state index contributed by atoms with van der Waals surface area (Å²) < 4.78 is 0. The summed E-state index contributed by atoms with van der Waals surface area (Å²) >= 11 is 0. The Labute approximate surface area is 52.6 Å². The van der Waals surface area contributed by atoms with Crippen molar-refractivity contribution in [3.05, 3.63) is 0 Å². The van der Waals surface area contributed by atoms with Crippen LogP contribution >= 0.6 is 0 Å². The Kier molecular flexibility index (Phi) is 3.38. The van der Waals surface area contributed by atoms with E-state index in [-0.39, 0.29) is 0 Å². The van der Waals surface area contributed by atoms with E-state index in [1.807, 2.05) is 0 Å². The fourth-order valence-electron chi connectivity index (χ4n) is 0.304. The molecule has 4 N–H and O–H groups in total. The Bertz CT molecular complexity index is 114. The third-order valence-electron chi connectivity index (χ3n) is 0.776. The number of nitrogens with one attached hydrogen (secondary N) is 2. The van der Waals surface area contributed by atoms with Crippen LogP contribution in [-0.2, 0) is 9.59 Å². The molecule has 52 valence electrons. The molecule has 5 heteroatoms. The minimum atomic E-state index is -0.938. The maximum atomic E-state index is 10.4. The van der Waals surface area contributed by atoms with Gasteiger partial charge in [-0.15, -0.1) is 0 Å². The molecule has 5 nitrogen and oxygen atoms in total. The van der Waals surface area contributed by atoms with Gasteiger partial charge in [-0.1, -0.05) is 0 Å². The maximum absolute atomic E-state index is 10.4. The fourth-order valence-corrected chi connectivity index (χ4v) is 0.304. The zero-order valence-corrected chi connectivity index (χ0v) is 5.05. The summed E-state index contributed by atoms with van der Waals surface area (Å²) in [6.45, 7) is 0. The van der Waals surface area contributed by atoms with Gasteiger partial charge in [-0.2, -0.15) is 0 Å². The molecule has 2 amide bonds. The van der Waals surface area contributed by atoms with Gasteiger partial charge in [0.2, 0.25) is 6.41 Å². The lowest BCUT2D eigenvalue weighted by Crippen LogP contribution is -2.48. The van der Waals surface area contributed by atoms with Crippen molar-refractivity contribution in [3.63, 3.8) is 0 Å². The van der Waals surface area contributed by atoms with Crippen molar-refractivity contribution in [1.82, 2.24) is 10.6 Å². The van der Waals surface area contributed by atoms with Crippen molar-refractivity contribution >= 4 is 12.3 Å². The Hall–Kier alpha value is -1.10. The molecule has 9 heavy (non-hydrogen) atoms. The van der Waals surface area contributed by atoms with E-state index in [1.165, 1.54) is 7.05 Å². The predicted octanol–water partition coefficient (Wildman–Crippen LogP) is -2.24. The number of nitrogens with two attached hydrogens (primary N) is 1. The van der Waals surface area contributed by atoms with E-state index in [2.05, 4.69) is 10.6 Å². The van der Waals surface area contributed by atoms with Gasteiger partial charge in [0.25, 0.3) is 5.91 Å². The third-order valence-corrected chi connectivity index (χ3v) is 0.776. The van der Waals surface area contributed by atoms with E-state index in [0.29, 0.717) is 6.41 Å². The van der Waals surface area contributed by atoms with Gasteiger partial charge in [-0.3, -0.25) is 9.59 Å². The summed E-state index contributed by atoms with van der Waals surface area (Å²) in [5, 5.41) is 4.35. The lowest BCUT2D eigenvalue weighted by atomic mass is 10.5. The van der Waals surface area contributed by atoms with Crippen LogP contribution in [0.3, 0.4) is 0 Å².